The van der Waals surface area contributed by atoms with Gasteiger partial charge in [-0.2, -0.15) is 4.39 Å². The third-order valence-electron chi connectivity index (χ3n) is 6.09. The molecular weight excluding hydrogens is 519 g/mol. The van der Waals surface area contributed by atoms with E-state index in [4.69, 9.17) is 0 Å². The normalized spacial score (nSPS) is 15.7. The van der Waals surface area contributed by atoms with E-state index in [1.54, 1.807) is 6.07 Å². The average molecular weight is 541 g/mol. The number of likely N-dealkylation sites (N-methyl/N-ethyl adjacent to an activating group) is 1. The summed E-state index contributed by atoms with van der Waals surface area (Å²) >= 11 is 0.467. The van der Waals surface area contributed by atoms with Gasteiger partial charge in [0, 0.05) is 37.3 Å². The maximum absolute atomic E-state index is 13.2. The standard InChI is InChI=1S/C25H21FN4O5S2/c1-29-9-8-27-24(29)16-3-4-19-17(11-16)12-22(32)30(25(19)33)21-6-2-15(13-28-21)10-18(31)14-37(34,35)23-7-5-20(26)36-23/h2-7,11,13H,8-10,12,14H2,1H3. The second kappa shape index (κ2) is 9.60. The van der Waals surface area contributed by atoms with Crippen molar-refractivity contribution in [3.63, 3.8) is 0 Å². The molecule has 0 fully saturated rings. The molecule has 0 N–H and O–H groups in total. The molecule has 190 valence electrons. The highest BCUT2D eigenvalue weighted by atomic mass is 32.2. The molecule has 2 aliphatic heterocycles. The Kier molecular flexibility index (Phi) is 6.46. The number of aliphatic imine (C=N–C) groups is 1. The molecule has 9 nitrogen and oxygen atoms in total. The molecule has 0 spiro atoms. The number of nitrogens with zero attached hydrogens (tertiary/aromatic N) is 4. The van der Waals surface area contributed by atoms with E-state index in [9.17, 15) is 27.2 Å². The van der Waals surface area contributed by atoms with Crippen LogP contribution < -0.4 is 4.90 Å². The van der Waals surface area contributed by atoms with Crippen LogP contribution in [0, 0.1) is 5.13 Å². The van der Waals surface area contributed by atoms with Crippen LogP contribution >= 0.6 is 11.3 Å². The molecule has 0 aliphatic carbocycles. The first-order valence-electron chi connectivity index (χ1n) is 11.3. The number of rotatable bonds is 7. The second-order valence-electron chi connectivity index (χ2n) is 8.77. The van der Waals surface area contributed by atoms with Crippen molar-refractivity contribution in [2.45, 2.75) is 17.1 Å². The van der Waals surface area contributed by atoms with E-state index in [-0.39, 0.29) is 22.9 Å². The number of Topliss-reactive ketones (excluding diaryl/α,β-unsaturated/α-hetero) is 1. The summed E-state index contributed by atoms with van der Waals surface area (Å²) in [5.41, 5.74) is 2.30. The number of ketones is 1. The van der Waals surface area contributed by atoms with Crippen molar-refractivity contribution in [1.29, 1.82) is 0 Å². The number of aromatic nitrogens is 1. The van der Waals surface area contributed by atoms with Crippen LogP contribution in [0.1, 0.15) is 27.0 Å². The minimum Gasteiger partial charge on any atom is -0.358 e. The highest BCUT2D eigenvalue weighted by Gasteiger charge is 2.33. The number of amides is 2. The van der Waals surface area contributed by atoms with Gasteiger partial charge < -0.3 is 4.90 Å². The zero-order valence-electron chi connectivity index (χ0n) is 19.7. The number of sulfone groups is 1. The quantitative estimate of drug-likeness (QED) is 0.422. The number of halogens is 1. The molecule has 3 aromatic rings. The second-order valence-corrected chi connectivity index (χ2v) is 12.0. The van der Waals surface area contributed by atoms with Gasteiger partial charge in [0.25, 0.3) is 5.91 Å². The fourth-order valence-corrected chi connectivity index (χ4v) is 6.65. The van der Waals surface area contributed by atoms with E-state index >= 15 is 0 Å². The smallest absolute Gasteiger partial charge is 0.266 e. The number of carbonyl (C=O) groups is 3. The van der Waals surface area contributed by atoms with E-state index in [2.05, 4.69) is 9.98 Å². The van der Waals surface area contributed by atoms with Gasteiger partial charge in [0.05, 0.1) is 13.0 Å². The van der Waals surface area contributed by atoms with Crippen molar-refractivity contribution in [2.24, 2.45) is 4.99 Å². The minimum absolute atomic E-state index is 0.0228. The predicted molar refractivity (Wildman–Crippen MR) is 135 cm³/mol. The first-order chi connectivity index (χ1) is 17.6. The van der Waals surface area contributed by atoms with Gasteiger partial charge in [0.1, 0.15) is 21.6 Å². The number of anilines is 1. The Hall–Kier alpha value is -3.77. The lowest BCUT2D eigenvalue weighted by Gasteiger charge is -2.26. The summed E-state index contributed by atoms with van der Waals surface area (Å²) in [5, 5.41) is -0.647. The monoisotopic (exact) mass is 540 g/mol. The lowest BCUT2D eigenvalue weighted by Crippen LogP contribution is -2.43. The zero-order chi connectivity index (χ0) is 26.3. The SMILES string of the molecule is CN1CCN=C1c1ccc2c(c1)CC(=O)N(c1ccc(CC(=O)CS(=O)(=O)c3ccc(F)s3)cn1)C2=O. The molecule has 2 aromatic heterocycles. The van der Waals surface area contributed by atoms with Gasteiger partial charge in [0.15, 0.2) is 20.8 Å². The number of amidine groups is 1. The molecule has 0 saturated heterocycles. The lowest BCUT2D eigenvalue weighted by molar-refractivity contribution is -0.118. The Balaban J connectivity index is 1.29. The summed E-state index contributed by atoms with van der Waals surface area (Å²) in [4.78, 5) is 50.1. The number of fused-ring (bicyclic) bond motifs is 1. The highest BCUT2D eigenvalue weighted by Crippen LogP contribution is 2.27. The van der Waals surface area contributed by atoms with Crippen LogP contribution in [0.5, 0.6) is 0 Å². The summed E-state index contributed by atoms with van der Waals surface area (Å²) in [6.45, 7) is 1.52. The Morgan fingerprint density at radius 1 is 1.14 bits per heavy atom. The topological polar surface area (TPSA) is 117 Å². The third kappa shape index (κ3) is 4.94. The van der Waals surface area contributed by atoms with Crippen LogP contribution in [0.2, 0.25) is 0 Å². The molecule has 2 aliphatic rings. The summed E-state index contributed by atoms with van der Waals surface area (Å²) in [5.74, 6) is -1.34. The summed E-state index contributed by atoms with van der Waals surface area (Å²) < 4.78 is 37.6. The number of hydrogen-bond donors (Lipinski definition) is 0. The molecule has 12 heteroatoms. The van der Waals surface area contributed by atoms with E-state index < -0.39 is 38.3 Å². The summed E-state index contributed by atoms with van der Waals surface area (Å²) in [7, 11) is -2.00. The molecule has 4 heterocycles. The molecule has 37 heavy (non-hydrogen) atoms. The lowest BCUT2D eigenvalue weighted by atomic mass is 9.95. The van der Waals surface area contributed by atoms with Crippen LogP contribution in [0.4, 0.5) is 10.2 Å². The predicted octanol–water partition coefficient (Wildman–Crippen LogP) is 2.29. The van der Waals surface area contributed by atoms with Gasteiger partial charge in [-0.3, -0.25) is 19.4 Å². The van der Waals surface area contributed by atoms with Gasteiger partial charge in [-0.05, 0) is 41.5 Å². The number of pyridine rings is 1. The van der Waals surface area contributed by atoms with Gasteiger partial charge in [-0.25, -0.2) is 18.3 Å². The highest BCUT2D eigenvalue weighted by molar-refractivity contribution is 7.94. The first-order valence-corrected chi connectivity index (χ1v) is 13.8. The van der Waals surface area contributed by atoms with Crippen molar-refractivity contribution in [2.75, 3.05) is 30.8 Å². The Morgan fingerprint density at radius 3 is 2.59 bits per heavy atom. The molecule has 2 amide bonds. The van der Waals surface area contributed by atoms with Crippen molar-refractivity contribution in [3.05, 3.63) is 76.0 Å². The van der Waals surface area contributed by atoms with Gasteiger partial charge >= 0.3 is 0 Å². The van der Waals surface area contributed by atoms with Gasteiger partial charge in [-0.15, -0.1) is 0 Å². The van der Waals surface area contributed by atoms with Crippen LogP contribution in [0.25, 0.3) is 0 Å². The largest absolute Gasteiger partial charge is 0.358 e. The Labute approximate surface area is 216 Å². The van der Waals surface area contributed by atoms with Crippen LogP contribution in [-0.2, 0) is 32.3 Å². The van der Waals surface area contributed by atoms with E-state index in [1.807, 2.05) is 24.1 Å². The molecule has 0 unspecified atom stereocenters. The fourth-order valence-electron chi connectivity index (χ4n) is 4.32. The third-order valence-corrected chi connectivity index (χ3v) is 9.22. The molecule has 0 bridgehead atoms. The number of benzene rings is 1. The number of carbonyl (C=O) groups excluding carboxylic acids is 3. The molecule has 0 radical (unpaired) electrons. The van der Waals surface area contributed by atoms with Crippen molar-refractivity contribution >= 4 is 50.4 Å². The van der Waals surface area contributed by atoms with Crippen LogP contribution in [-0.4, -0.2) is 67.6 Å². The Morgan fingerprint density at radius 2 is 1.95 bits per heavy atom. The first kappa shape index (κ1) is 24.9. The molecule has 0 saturated carbocycles. The van der Waals surface area contributed by atoms with Crippen molar-refractivity contribution < 1.29 is 27.2 Å². The average Bonchev–Trinajstić information content (AvgIpc) is 3.48. The van der Waals surface area contributed by atoms with Crippen molar-refractivity contribution in [3.8, 4) is 0 Å². The summed E-state index contributed by atoms with van der Waals surface area (Å²) in [6, 6.07) is 10.5. The number of thiophene rings is 1. The molecule has 0 atom stereocenters. The maximum Gasteiger partial charge on any atom is 0.266 e. The number of imide groups is 1. The molecular formula is C25H21FN4O5S2. The zero-order valence-corrected chi connectivity index (χ0v) is 21.3. The van der Waals surface area contributed by atoms with E-state index in [1.165, 1.54) is 18.3 Å². The van der Waals surface area contributed by atoms with E-state index in [0.717, 1.165) is 35.0 Å². The van der Waals surface area contributed by atoms with E-state index in [0.29, 0.717) is 34.6 Å². The minimum atomic E-state index is -3.94. The molecule has 1 aromatic carbocycles. The van der Waals surface area contributed by atoms with Crippen molar-refractivity contribution in [1.82, 2.24) is 9.88 Å². The molecule has 5 rings (SSSR count). The summed E-state index contributed by atoms with van der Waals surface area (Å²) in [6.07, 6.45) is 1.14. The maximum atomic E-state index is 13.2. The van der Waals surface area contributed by atoms with Crippen LogP contribution in [0.15, 0.2) is 57.9 Å². The number of hydrogen-bond acceptors (Lipinski definition) is 9. The van der Waals surface area contributed by atoms with Gasteiger partial charge in [0.2, 0.25) is 5.91 Å². The fraction of sp³-hybridized carbons (Fsp3) is 0.240. The van der Waals surface area contributed by atoms with Crippen LogP contribution in [0.3, 0.4) is 0 Å². The van der Waals surface area contributed by atoms with Gasteiger partial charge in [-0.1, -0.05) is 23.5 Å². The Bertz CT molecular complexity index is 1560.